The van der Waals surface area contributed by atoms with Crippen molar-refractivity contribution in [1.82, 2.24) is 9.97 Å². The van der Waals surface area contributed by atoms with Gasteiger partial charge in [0.15, 0.2) is 0 Å². The first kappa shape index (κ1) is 15.3. The number of nitrogens with one attached hydrogen (secondary N) is 1. The molecule has 18 heavy (non-hydrogen) atoms. The number of H-pyrrole nitrogens is 1. The normalized spacial score (nSPS) is 23.2. The topological polar surface area (TPSA) is 54.7 Å². The smallest absolute Gasteiger partial charge is 0.110 e. The molecule has 3 N–H and O–H groups in total. The van der Waals surface area contributed by atoms with E-state index in [9.17, 15) is 0 Å². The molecule has 2 aromatic rings. The number of halogens is 2. The Hall–Kier alpha value is -0.770. The van der Waals surface area contributed by atoms with Gasteiger partial charge >= 0.3 is 0 Å². The molecule has 2 unspecified atom stereocenters. The fourth-order valence-electron chi connectivity index (χ4n) is 2.64. The fourth-order valence-corrected chi connectivity index (χ4v) is 2.64. The summed E-state index contributed by atoms with van der Waals surface area (Å²) < 4.78 is 0. The number of para-hydroxylation sites is 2. The standard InChI is InChI=1S/C13H17N3.2ClH/c14-10-5-3-4-9(8-10)13-15-11-6-1-2-7-12(11)16-13;;/h1-2,6-7,9-10H,3-5,8,14H2,(H,15,16);2*1H. The summed E-state index contributed by atoms with van der Waals surface area (Å²) in [5, 5.41) is 0. The fraction of sp³-hybridized carbons (Fsp3) is 0.462. The van der Waals surface area contributed by atoms with Gasteiger partial charge in [0.05, 0.1) is 11.0 Å². The van der Waals surface area contributed by atoms with Crippen molar-refractivity contribution < 1.29 is 0 Å². The number of hydrogen-bond acceptors (Lipinski definition) is 2. The molecule has 0 amide bonds. The number of imidazole rings is 1. The highest BCUT2D eigenvalue weighted by atomic mass is 35.5. The van der Waals surface area contributed by atoms with E-state index in [2.05, 4.69) is 22.1 Å². The molecule has 0 aliphatic heterocycles. The summed E-state index contributed by atoms with van der Waals surface area (Å²) >= 11 is 0. The first-order valence-corrected chi connectivity index (χ1v) is 6.03. The Morgan fingerprint density at radius 2 is 1.94 bits per heavy atom. The number of nitrogens with zero attached hydrogens (tertiary/aromatic N) is 1. The van der Waals surface area contributed by atoms with Gasteiger partial charge in [-0.2, -0.15) is 0 Å². The number of aromatic amines is 1. The molecular formula is C13H19Cl2N3. The van der Waals surface area contributed by atoms with E-state index in [1.165, 1.54) is 12.8 Å². The van der Waals surface area contributed by atoms with Gasteiger partial charge in [0, 0.05) is 12.0 Å². The zero-order chi connectivity index (χ0) is 11.0. The second kappa shape index (κ2) is 6.41. The molecule has 3 rings (SSSR count). The number of benzene rings is 1. The molecule has 0 bridgehead atoms. The second-order valence-corrected chi connectivity index (χ2v) is 4.76. The molecule has 100 valence electrons. The number of aromatic nitrogens is 2. The molecule has 0 saturated heterocycles. The van der Waals surface area contributed by atoms with Gasteiger partial charge in [-0.05, 0) is 31.4 Å². The minimum Gasteiger partial charge on any atom is -0.342 e. The Kier molecular flexibility index (Phi) is 5.45. The Morgan fingerprint density at radius 1 is 1.17 bits per heavy atom. The quantitative estimate of drug-likeness (QED) is 0.845. The summed E-state index contributed by atoms with van der Waals surface area (Å²) in [6, 6.07) is 8.55. The highest BCUT2D eigenvalue weighted by Gasteiger charge is 2.23. The largest absolute Gasteiger partial charge is 0.342 e. The Bertz CT molecular complexity index is 465. The van der Waals surface area contributed by atoms with Gasteiger partial charge in [0.25, 0.3) is 0 Å². The van der Waals surface area contributed by atoms with Crippen molar-refractivity contribution in [2.45, 2.75) is 37.6 Å². The zero-order valence-corrected chi connectivity index (χ0v) is 11.8. The zero-order valence-electron chi connectivity index (χ0n) is 10.1. The van der Waals surface area contributed by atoms with Crippen LogP contribution in [0.15, 0.2) is 24.3 Å². The van der Waals surface area contributed by atoms with Gasteiger partial charge in [-0.25, -0.2) is 4.98 Å². The first-order chi connectivity index (χ1) is 7.83. The van der Waals surface area contributed by atoms with Crippen LogP contribution in [0.2, 0.25) is 0 Å². The summed E-state index contributed by atoms with van der Waals surface area (Å²) in [7, 11) is 0. The summed E-state index contributed by atoms with van der Waals surface area (Å²) in [5.74, 6) is 1.65. The average molecular weight is 288 g/mol. The van der Waals surface area contributed by atoms with Crippen LogP contribution in [-0.2, 0) is 0 Å². The van der Waals surface area contributed by atoms with Crippen LogP contribution in [-0.4, -0.2) is 16.0 Å². The van der Waals surface area contributed by atoms with Gasteiger partial charge in [0.1, 0.15) is 5.82 Å². The lowest BCUT2D eigenvalue weighted by atomic mass is 9.86. The van der Waals surface area contributed by atoms with E-state index in [1.54, 1.807) is 0 Å². The van der Waals surface area contributed by atoms with Crippen molar-refractivity contribution in [2.75, 3.05) is 0 Å². The summed E-state index contributed by atoms with van der Waals surface area (Å²) in [4.78, 5) is 8.08. The third-order valence-electron chi connectivity index (χ3n) is 3.51. The highest BCUT2D eigenvalue weighted by molar-refractivity contribution is 5.85. The Morgan fingerprint density at radius 3 is 2.67 bits per heavy atom. The lowest BCUT2D eigenvalue weighted by Crippen LogP contribution is -2.27. The van der Waals surface area contributed by atoms with Crippen LogP contribution in [0, 0.1) is 0 Å². The maximum absolute atomic E-state index is 6.02. The predicted molar refractivity (Wildman–Crippen MR) is 79.8 cm³/mol. The van der Waals surface area contributed by atoms with Crippen LogP contribution in [0.25, 0.3) is 11.0 Å². The van der Waals surface area contributed by atoms with Crippen LogP contribution in [0.3, 0.4) is 0 Å². The SMILES string of the molecule is Cl.Cl.NC1CCCC(c2nc3ccccc3[nH]2)C1. The van der Waals surface area contributed by atoms with Crippen molar-refractivity contribution in [3.8, 4) is 0 Å². The van der Waals surface area contributed by atoms with Crippen molar-refractivity contribution in [1.29, 1.82) is 0 Å². The lowest BCUT2D eigenvalue weighted by molar-refractivity contribution is 0.384. The van der Waals surface area contributed by atoms with Gasteiger partial charge in [-0.1, -0.05) is 18.6 Å². The van der Waals surface area contributed by atoms with Gasteiger partial charge in [-0.3, -0.25) is 0 Å². The molecule has 0 spiro atoms. The number of nitrogens with two attached hydrogens (primary N) is 1. The van der Waals surface area contributed by atoms with Gasteiger partial charge in [-0.15, -0.1) is 24.8 Å². The number of hydrogen-bond donors (Lipinski definition) is 2. The summed E-state index contributed by atoms with van der Waals surface area (Å²) in [5.41, 5.74) is 8.22. The molecule has 1 fully saturated rings. The third kappa shape index (κ3) is 2.97. The van der Waals surface area contributed by atoms with Crippen molar-refractivity contribution in [3.05, 3.63) is 30.1 Å². The number of fused-ring (bicyclic) bond motifs is 1. The minimum atomic E-state index is 0. The molecule has 2 atom stereocenters. The van der Waals surface area contributed by atoms with E-state index in [0.717, 1.165) is 29.7 Å². The molecule has 1 aromatic heterocycles. The molecule has 0 radical (unpaired) electrons. The van der Waals surface area contributed by atoms with Gasteiger partial charge in [0.2, 0.25) is 0 Å². The van der Waals surface area contributed by atoms with E-state index >= 15 is 0 Å². The summed E-state index contributed by atoms with van der Waals surface area (Å²) in [6.07, 6.45) is 4.67. The van der Waals surface area contributed by atoms with Crippen LogP contribution < -0.4 is 5.73 Å². The van der Waals surface area contributed by atoms with Crippen molar-refractivity contribution >= 4 is 35.8 Å². The van der Waals surface area contributed by atoms with E-state index in [-0.39, 0.29) is 24.8 Å². The lowest BCUT2D eigenvalue weighted by Gasteiger charge is -2.24. The average Bonchev–Trinajstić information content (AvgIpc) is 2.72. The van der Waals surface area contributed by atoms with E-state index in [0.29, 0.717) is 12.0 Å². The highest BCUT2D eigenvalue weighted by Crippen LogP contribution is 2.31. The Balaban J connectivity index is 0.000000810. The van der Waals surface area contributed by atoms with Crippen molar-refractivity contribution in [2.24, 2.45) is 5.73 Å². The third-order valence-corrected chi connectivity index (χ3v) is 3.51. The molecule has 1 aromatic carbocycles. The van der Waals surface area contributed by atoms with E-state index in [4.69, 9.17) is 5.73 Å². The summed E-state index contributed by atoms with van der Waals surface area (Å²) in [6.45, 7) is 0. The molecule has 1 saturated carbocycles. The second-order valence-electron chi connectivity index (χ2n) is 4.76. The van der Waals surface area contributed by atoms with E-state index < -0.39 is 0 Å². The maximum Gasteiger partial charge on any atom is 0.110 e. The van der Waals surface area contributed by atoms with Crippen molar-refractivity contribution in [3.63, 3.8) is 0 Å². The molecule has 1 aliphatic carbocycles. The molecule has 3 nitrogen and oxygen atoms in total. The monoisotopic (exact) mass is 287 g/mol. The molecular weight excluding hydrogens is 269 g/mol. The molecule has 1 aliphatic rings. The Labute approximate surface area is 119 Å². The molecule has 1 heterocycles. The van der Waals surface area contributed by atoms with Crippen LogP contribution in [0.4, 0.5) is 0 Å². The minimum absolute atomic E-state index is 0. The van der Waals surface area contributed by atoms with Crippen LogP contribution in [0.1, 0.15) is 37.4 Å². The van der Waals surface area contributed by atoms with Gasteiger partial charge < -0.3 is 10.7 Å². The number of rotatable bonds is 1. The van der Waals surface area contributed by atoms with Crippen LogP contribution >= 0.6 is 24.8 Å². The molecule has 5 heteroatoms. The van der Waals surface area contributed by atoms with Crippen LogP contribution in [0.5, 0.6) is 0 Å². The van der Waals surface area contributed by atoms with E-state index in [1.807, 2.05) is 12.1 Å². The predicted octanol–water partition coefficient (Wildman–Crippen LogP) is 3.39. The maximum atomic E-state index is 6.02. The first-order valence-electron chi connectivity index (χ1n) is 6.03.